The average Bonchev–Trinajstić information content (AvgIpc) is 2.55. The van der Waals surface area contributed by atoms with Crippen LogP contribution in [0.4, 0.5) is 0 Å². The summed E-state index contributed by atoms with van der Waals surface area (Å²) >= 11 is 0. The zero-order valence-electron chi connectivity index (χ0n) is 7.88. The Morgan fingerprint density at radius 3 is 2.50 bits per heavy atom. The number of rotatable bonds is 5. The molecule has 0 saturated carbocycles. The molecule has 0 bridgehead atoms. The lowest BCUT2D eigenvalue weighted by Gasteiger charge is -2.20. The van der Waals surface area contributed by atoms with Gasteiger partial charge in [0, 0.05) is 12.4 Å². The molecule has 0 saturated heterocycles. The number of aliphatic imine (C=N–C) groups is 2. The summed E-state index contributed by atoms with van der Waals surface area (Å²) in [5.41, 5.74) is -0.114. The van der Waals surface area contributed by atoms with Gasteiger partial charge >= 0.3 is 0 Å². The maximum atomic E-state index is 4.38. The van der Waals surface area contributed by atoms with Gasteiger partial charge in [-0.3, -0.25) is 9.98 Å². The molecule has 0 spiro atoms. The molecule has 1 aliphatic rings. The highest BCUT2D eigenvalue weighted by Gasteiger charge is 2.25. The first-order valence-corrected chi connectivity index (χ1v) is 4.56. The van der Waals surface area contributed by atoms with Gasteiger partial charge in [-0.15, -0.1) is 0 Å². The zero-order valence-corrected chi connectivity index (χ0v) is 7.88. The lowest BCUT2D eigenvalue weighted by Crippen LogP contribution is -2.22. The normalized spacial score (nSPS) is 18.8. The number of nitrogens with zero attached hydrogens (tertiary/aromatic N) is 2. The Balaban J connectivity index is 2.35. The van der Waals surface area contributed by atoms with Crippen molar-refractivity contribution in [3.8, 4) is 0 Å². The van der Waals surface area contributed by atoms with Crippen LogP contribution in [0.25, 0.3) is 0 Å². The van der Waals surface area contributed by atoms with E-state index in [1.165, 1.54) is 0 Å². The molecule has 0 radical (unpaired) electrons. The molecule has 1 rings (SSSR count). The number of hydrogen-bond donors (Lipinski definition) is 1. The molecular formula is C9H17N3. The Bertz CT molecular complexity index is 172. The van der Waals surface area contributed by atoms with Gasteiger partial charge < -0.3 is 5.32 Å². The number of hydrogen-bond acceptors (Lipinski definition) is 3. The topological polar surface area (TPSA) is 36.8 Å². The zero-order chi connectivity index (χ0) is 8.86. The molecule has 68 valence electrons. The molecule has 3 heteroatoms. The van der Waals surface area contributed by atoms with E-state index >= 15 is 0 Å². The lowest BCUT2D eigenvalue weighted by molar-refractivity contribution is 0.396. The molecule has 0 aromatic heterocycles. The van der Waals surface area contributed by atoms with Crippen molar-refractivity contribution in [2.75, 3.05) is 13.6 Å². The highest BCUT2D eigenvalue weighted by atomic mass is 15.1. The van der Waals surface area contributed by atoms with Crippen LogP contribution in [0.15, 0.2) is 9.98 Å². The van der Waals surface area contributed by atoms with Crippen LogP contribution in [0.5, 0.6) is 0 Å². The Morgan fingerprint density at radius 2 is 2.00 bits per heavy atom. The Morgan fingerprint density at radius 1 is 1.33 bits per heavy atom. The fraction of sp³-hybridized carbons (Fsp3) is 0.778. The van der Waals surface area contributed by atoms with Crippen LogP contribution >= 0.6 is 0 Å². The largest absolute Gasteiger partial charge is 0.320 e. The van der Waals surface area contributed by atoms with Gasteiger partial charge in [-0.2, -0.15) is 0 Å². The molecule has 0 unspecified atom stereocenters. The molecule has 0 amide bonds. The molecule has 0 aliphatic carbocycles. The first-order chi connectivity index (χ1) is 5.83. The van der Waals surface area contributed by atoms with Gasteiger partial charge in [0.05, 0.1) is 0 Å². The van der Waals surface area contributed by atoms with E-state index in [-0.39, 0.29) is 5.66 Å². The molecule has 0 aromatic carbocycles. The van der Waals surface area contributed by atoms with E-state index in [1.54, 1.807) is 0 Å². The fourth-order valence-corrected chi connectivity index (χ4v) is 1.41. The summed E-state index contributed by atoms with van der Waals surface area (Å²) in [6.45, 7) is 3.19. The molecule has 1 N–H and O–H groups in total. The second kappa shape index (κ2) is 4.36. The molecule has 0 atom stereocenters. The van der Waals surface area contributed by atoms with Crippen LogP contribution in [0.3, 0.4) is 0 Å². The third kappa shape index (κ3) is 2.14. The molecular weight excluding hydrogens is 150 g/mol. The highest BCUT2D eigenvalue weighted by molar-refractivity contribution is 6.17. The second-order valence-electron chi connectivity index (χ2n) is 3.10. The Hall–Kier alpha value is -0.700. The highest BCUT2D eigenvalue weighted by Crippen LogP contribution is 2.25. The van der Waals surface area contributed by atoms with Gasteiger partial charge in [-0.05, 0) is 32.9 Å². The summed E-state index contributed by atoms with van der Waals surface area (Å²) in [5.74, 6) is 0. The van der Waals surface area contributed by atoms with Crippen molar-refractivity contribution < 1.29 is 0 Å². The molecule has 1 aliphatic heterocycles. The number of nitrogens with one attached hydrogen (secondary N) is 1. The van der Waals surface area contributed by atoms with Gasteiger partial charge in [0.1, 0.15) is 5.66 Å². The van der Waals surface area contributed by atoms with Crippen molar-refractivity contribution in [1.82, 2.24) is 5.32 Å². The van der Waals surface area contributed by atoms with Crippen LogP contribution in [0.2, 0.25) is 0 Å². The van der Waals surface area contributed by atoms with E-state index in [1.807, 2.05) is 19.5 Å². The van der Waals surface area contributed by atoms with Crippen molar-refractivity contribution in [2.24, 2.45) is 9.98 Å². The van der Waals surface area contributed by atoms with Crippen molar-refractivity contribution in [3.63, 3.8) is 0 Å². The first-order valence-electron chi connectivity index (χ1n) is 4.56. The predicted octanol–water partition coefficient (Wildman–Crippen LogP) is 1.25. The summed E-state index contributed by atoms with van der Waals surface area (Å²) in [4.78, 5) is 8.76. The van der Waals surface area contributed by atoms with Crippen LogP contribution in [-0.2, 0) is 0 Å². The molecule has 1 heterocycles. The average molecular weight is 167 g/mol. The van der Waals surface area contributed by atoms with Crippen LogP contribution in [0, 0.1) is 0 Å². The Labute approximate surface area is 74.0 Å². The van der Waals surface area contributed by atoms with Crippen LogP contribution in [-0.4, -0.2) is 31.7 Å². The van der Waals surface area contributed by atoms with Crippen molar-refractivity contribution in [2.45, 2.75) is 31.8 Å². The minimum atomic E-state index is -0.114. The van der Waals surface area contributed by atoms with Crippen molar-refractivity contribution in [1.29, 1.82) is 0 Å². The van der Waals surface area contributed by atoms with Gasteiger partial charge in [0.15, 0.2) is 0 Å². The van der Waals surface area contributed by atoms with E-state index in [0.717, 1.165) is 25.8 Å². The second-order valence-corrected chi connectivity index (χ2v) is 3.10. The quantitative estimate of drug-likeness (QED) is 0.615. The van der Waals surface area contributed by atoms with Gasteiger partial charge in [0.25, 0.3) is 0 Å². The monoisotopic (exact) mass is 167 g/mol. The van der Waals surface area contributed by atoms with Crippen molar-refractivity contribution >= 4 is 12.4 Å². The summed E-state index contributed by atoms with van der Waals surface area (Å²) in [5, 5.41) is 3.13. The summed E-state index contributed by atoms with van der Waals surface area (Å²) in [6.07, 6.45) is 6.81. The molecule has 3 nitrogen and oxygen atoms in total. The maximum Gasteiger partial charge on any atom is 0.149 e. The smallest absolute Gasteiger partial charge is 0.149 e. The van der Waals surface area contributed by atoms with Crippen LogP contribution < -0.4 is 5.32 Å². The van der Waals surface area contributed by atoms with E-state index < -0.39 is 0 Å². The van der Waals surface area contributed by atoms with E-state index in [4.69, 9.17) is 0 Å². The molecule has 0 fully saturated rings. The van der Waals surface area contributed by atoms with Gasteiger partial charge in [0.2, 0.25) is 0 Å². The third-order valence-corrected chi connectivity index (χ3v) is 2.27. The minimum Gasteiger partial charge on any atom is -0.320 e. The standard InChI is InChI=1S/C9H17N3/c1-3-9(5-4-6-10-2)11-7-8-12-9/h7-8,10H,3-6H2,1-2H3. The van der Waals surface area contributed by atoms with E-state index in [9.17, 15) is 0 Å². The third-order valence-electron chi connectivity index (χ3n) is 2.27. The SMILES string of the molecule is CCC1(CCCNC)N=CC=N1. The summed E-state index contributed by atoms with van der Waals surface area (Å²) < 4.78 is 0. The van der Waals surface area contributed by atoms with Crippen LogP contribution in [0.1, 0.15) is 26.2 Å². The summed E-state index contributed by atoms with van der Waals surface area (Å²) in [6, 6.07) is 0. The summed E-state index contributed by atoms with van der Waals surface area (Å²) in [7, 11) is 1.97. The van der Waals surface area contributed by atoms with Gasteiger partial charge in [-0.1, -0.05) is 6.92 Å². The van der Waals surface area contributed by atoms with Gasteiger partial charge in [-0.25, -0.2) is 0 Å². The molecule has 12 heavy (non-hydrogen) atoms. The van der Waals surface area contributed by atoms with Crippen molar-refractivity contribution in [3.05, 3.63) is 0 Å². The minimum absolute atomic E-state index is 0.114. The predicted molar refractivity (Wildman–Crippen MR) is 53.2 cm³/mol. The van der Waals surface area contributed by atoms with E-state index in [0.29, 0.717) is 0 Å². The first kappa shape index (κ1) is 9.39. The van der Waals surface area contributed by atoms with E-state index in [2.05, 4.69) is 22.2 Å². The lowest BCUT2D eigenvalue weighted by atomic mass is 10.0. The Kier molecular flexibility index (Phi) is 3.41. The fourth-order valence-electron chi connectivity index (χ4n) is 1.41. The maximum absolute atomic E-state index is 4.38. The molecule has 0 aromatic rings.